The van der Waals surface area contributed by atoms with E-state index in [0.717, 1.165) is 18.5 Å². The summed E-state index contributed by atoms with van der Waals surface area (Å²) in [4.78, 5) is 4.35. The van der Waals surface area contributed by atoms with E-state index in [1.807, 2.05) is 18.3 Å². The van der Waals surface area contributed by atoms with Crippen LogP contribution in [0.15, 0.2) is 42.6 Å². The summed E-state index contributed by atoms with van der Waals surface area (Å²) in [6.45, 7) is 4.23. The third-order valence-electron chi connectivity index (χ3n) is 3.43. The number of aryl methyl sites for hydroxylation is 3. The smallest absolute Gasteiger partial charge is 0.0466 e. The first-order chi connectivity index (χ1) is 9.20. The summed E-state index contributed by atoms with van der Waals surface area (Å²) < 4.78 is 0. The molecule has 3 nitrogen and oxygen atoms in total. The highest BCUT2D eigenvalue weighted by molar-refractivity contribution is 5.33. The van der Waals surface area contributed by atoms with Crippen LogP contribution in [-0.4, -0.2) is 4.98 Å². The quantitative estimate of drug-likeness (QED) is 0.638. The van der Waals surface area contributed by atoms with Crippen LogP contribution in [0.5, 0.6) is 0 Å². The van der Waals surface area contributed by atoms with Gasteiger partial charge in [-0.05, 0) is 49.9 Å². The second kappa shape index (κ2) is 6.45. The lowest BCUT2D eigenvalue weighted by molar-refractivity contribution is 0.511. The van der Waals surface area contributed by atoms with Crippen molar-refractivity contribution in [1.82, 2.24) is 10.4 Å². The van der Waals surface area contributed by atoms with Crippen molar-refractivity contribution in [3.8, 4) is 0 Å². The van der Waals surface area contributed by atoms with Gasteiger partial charge in [0, 0.05) is 17.9 Å². The van der Waals surface area contributed by atoms with Gasteiger partial charge in [0.05, 0.1) is 0 Å². The van der Waals surface area contributed by atoms with Gasteiger partial charge in [0.15, 0.2) is 0 Å². The van der Waals surface area contributed by atoms with Crippen LogP contribution >= 0.6 is 0 Å². The molecule has 100 valence electrons. The van der Waals surface area contributed by atoms with E-state index in [0.29, 0.717) is 0 Å². The molecule has 0 aliphatic rings. The minimum Gasteiger partial charge on any atom is -0.271 e. The Morgan fingerprint density at radius 2 is 2.05 bits per heavy atom. The lowest BCUT2D eigenvalue weighted by Gasteiger charge is -2.19. The molecule has 0 amide bonds. The molecule has 0 radical (unpaired) electrons. The highest BCUT2D eigenvalue weighted by atomic mass is 15.2. The Morgan fingerprint density at radius 1 is 1.21 bits per heavy atom. The summed E-state index contributed by atoms with van der Waals surface area (Å²) in [6.07, 6.45) is 3.69. The van der Waals surface area contributed by atoms with E-state index in [-0.39, 0.29) is 6.04 Å². The third kappa shape index (κ3) is 3.63. The van der Waals surface area contributed by atoms with Crippen molar-refractivity contribution in [1.29, 1.82) is 0 Å². The van der Waals surface area contributed by atoms with Crippen LogP contribution < -0.4 is 11.3 Å². The van der Waals surface area contributed by atoms with E-state index < -0.39 is 0 Å². The van der Waals surface area contributed by atoms with Gasteiger partial charge < -0.3 is 0 Å². The zero-order valence-corrected chi connectivity index (χ0v) is 11.6. The monoisotopic (exact) mass is 255 g/mol. The molecule has 0 saturated heterocycles. The molecule has 0 fully saturated rings. The molecule has 2 rings (SSSR count). The van der Waals surface area contributed by atoms with Crippen molar-refractivity contribution in [3.05, 3.63) is 65.0 Å². The number of hydrogen-bond acceptors (Lipinski definition) is 3. The molecule has 19 heavy (non-hydrogen) atoms. The Bertz CT molecular complexity index is 523. The van der Waals surface area contributed by atoms with Crippen molar-refractivity contribution in [2.45, 2.75) is 32.7 Å². The van der Waals surface area contributed by atoms with Crippen LogP contribution in [0.2, 0.25) is 0 Å². The van der Waals surface area contributed by atoms with Crippen LogP contribution in [0, 0.1) is 13.8 Å². The van der Waals surface area contributed by atoms with Crippen molar-refractivity contribution in [2.24, 2.45) is 5.84 Å². The van der Waals surface area contributed by atoms with E-state index in [9.17, 15) is 0 Å². The maximum Gasteiger partial charge on any atom is 0.0466 e. The molecule has 0 saturated carbocycles. The van der Waals surface area contributed by atoms with Crippen LogP contribution in [-0.2, 0) is 6.42 Å². The lowest BCUT2D eigenvalue weighted by Crippen LogP contribution is -2.29. The summed E-state index contributed by atoms with van der Waals surface area (Å²) in [5.41, 5.74) is 7.85. The Balaban J connectivity index is 2.10. The molecule has 1 aromatic heterocycles. The zero-order valence-electron chi connectivity index (χ0n) is 11.6. The first-order valence-corrected chi connectivity index (χ1v) is 6.64. The Hall–Kier alpha value is -1.71. The topological polar surface area (TPSA) is 50.9 Å². The molecule has 3 heteroatoms. The van der Waals surface area contributed by atoms with E-state index >= 15 is 0 Å². The van der Waals surface area contributed by atoms with Crippen molar-refractivity contribution < 1.29 is 0 Å². The summed E-state index contributed by atoms with van der Waals surface area (Å²) in [6, 6.07) is 12.7. The summed E-state index contributed by atoms with van der Waals surface area (Å²) in [7, 11) is 0. The van der Waals surface area contributed by atoms with Gasteiger partial charge in [0.1, 0.15) is 0 Å². The zero-order chi connectivity index (χ0) is 13.7. The standard InChI is InChI=1S/C16H21N3/c1-12-6-7-13(2)15(11-12)16(19-17)9-8-14-5-3-4-10-18-14/h3-7,10-11,16,19H,8-9,17H2,1-2H3. The number of hydrogen-bond donors (Lipinski definition) is 2. The van der Waals surface area contributed by atoms with E-state index in [1.54, 1.807) is 0 Å². The minimum atomic E-state index is 0.168. The number of nitrogens with zero attached hydrogens (tertiary/aromatic N) is 1. The summed E-state index contributed by atoms with van der Waals surface area (Å²) in [5.74, 6) is 5.72. The normalized spacial score (nSPS) is 12.4. The van der Waals surface area contributed by atoms with Crippen molar-refractivity contribution in [2.75, 3.05) is 0 Å². The van der Waals surface area contributed by atoms with Gasteiger partial charge in [-0.1, -0.05) is 29.8 Å². The van der Waals surface area contributed by atoms with Crippen molar-refractivity contribution >= 4 is 0 Å². The first kappa shape index (κ1) is 13.7. The summed E-state index contributed by atoms with van der Waals surface area (Å²) >= 11 is 0. The van der Waals surface area contributed by atoms with Gasteiger partial charge in [-0.2, -0.15) is 0 Å². The second-order valence-corrected chi connectivity index (χ2v) is 4.94. The van der Waals surface area contributed by atoms with Gasteiger partial charge in [0.25, 0.3) is 0 Å². The molecule has 0 aliphatic heterocycles. The van der Waals surface area contributed by atoms with Crippen LogP contribution in [0.25, 0.3) is 0 Å². The van der Waals surface area contributed by atoms with E-state index in [1.165, 1.54) is 16.7 Å². The highest BCUT2D eigenvalue weighted by Gasteiger charge is 2.12. The molecule has 1 atom stereocenters. The molecule has 0 aliphatic carbocycles. The Kier molecular flexibility index (Phi) is 4.66. The van der Waals surface area contributed by atoms with Gasteiger partial charge in [-0.25, -0.2) is 0 Å². The minimum absolute atomic E-state index is 0.168. The molecule has 1 heterocycles. The van der Waals surface area contributed by atoms with E-state index in [2.05, 4.69) is 48.5 Å². The number of hydrazine groups is 1. The van der Waals surface area contributed by atoms with Gasteiger partial charge in [-0.15, -0.1) is 0 Å². The number of pyridine rings is 1. The third-order valence-corrected chi connectivity index (χ3v) is 3.43. The number of nitrogens with one attached hydrogen (secondary N) is 1. The first-order valence-electron chi connectivity index (χ1n) is 6.64. The maximum atomic E-state index is 5.72. The molecule has 0 bridgehead atoms. The highest BCUT2D eigenvalue weighted by Crippen LogP contribution is 2.22. The number of rotatable bonds is 5. The van der Waals surface area contributed by atoms with Crippen LogP contribution in [0.1, 0.15) is 34.8 Å². The fraction of sp³-hybridized carbons (Fsp3) is 0.312. The average Bonchev–Trinajstić information content (AvgIpc) is 2.44. The predicted octanol–water partition coefficient (Wildman–Crippen LogP) is 2.84. The molecule has 1 aromatic carbocycles. The number of benzene rings is 1. The number of nitrogens with two attached hydrogens (primary N) is 1. The van der Waals surface area contributed by atoms with Crippen molar-refractivity contribution in [3.63, 3.8) is 0 Å². The Morgan fingerprint density at radius 3 is 2.74 bits per heavy atom. The molecule has 3 N–H and O–H groups in total. The predicted molar refractivity (Wildman–Crippen MR) is 78.5 cm³/mol. The molecule has 2 aromatic rings. The lowest BCUT2D eigenvalue weighted by atomic mass is 9.95. The molecule has 0 spiro atoms. The molecule has 1 unspecified atom stereocenters. The van der Waals surface area contributed by atoms with Gasteiger partial charge in [0.2, 0.25) is 0 Å². The fourth-order valence-electron chi connectivity index (χ4n) is 2.30. The van der Waals surface area contributed by atoms with Crippen LogP contribution in [0.4, 0.5) is 0 Å². The van der Waals surface area contributed by atoms with Crippen LogP contribution in [0.3, 0.4) is 0 Å². The SMILES string of the molecule is Cc1ccc(C)c(C(CCc2ccccn2)NN)c1. The molecular weight excluding hydrogens is 234 g/mol. The van der Waals surface area contributed by atoms with Gasteiger partial charge in [-0.3, -0.25) is 16.3 Å². The van der Waals surface area contributed by atoms with E-state index in [4.69, 9.17) is 5.84 Å². The summed E-state index contributed by atoms with van der Waals surface area (Å²) in [5, 5.41) is 0. The number of aromatic nitrogens is 1. The Labute approximate surface area is 114 Å². The van der Waals surface area contributed by atoms with Gasteiger partial charge >= 0.3 is 0 Å². The molecular formula is C16H21N3. The fourth-order valence-corrected chi connectivity index (χ4v) is 2.30. The maximum absolute atomic E-state index is 5.72. The second-order valence-electron chi connectivity index (χ2n) is 4.94. The largest absolute Gasteiger partial charge is 0.271 e. The average molecular weight is 255 g/mol.